The van der Waals surface area contributed by atoms with E-state index in [9.17, 15) is 9.18 Å². The van der Waals surface area contributed by atoms with Crippen LogP contribution in [0.5, 0.6) is 5.75 Å². The molecule has 0 saturated heterocycles. The van der Waals surface area contributed by atoms with Crippen molar-refractivity contribution in [3.05, 3.63) is 59.9 Å². The molecule has 0 aliphatic rings. The largest absolute Gasteiger partial charge is 0.481 e. The smallest absolute Gasteiger partial charge is 0.262 e. The number of anilines is 1. The number of halogens is 1. The number of nitrogens with one attached hydrogen (secondary N) is 1. The van der Waals surface area contributed by atoms with Crippen molar-refractivity contribution in [1.29, 1.82) is 0 Å². The monoisotopic (exact) mass is 287 g/mol. The van der Waals surface area contributed by atoms with Gasteiger partial charge in [0.25, 0.3) is 5.91 Å². The maximum atomic E-state index is 13.3. The number of rotatable bonds is 5. The lowest BCUT2D eigenvalue weighted by Gasteiger charge is -2.09. The number of hydrogen-bond donors (Lipinski definition) is 1. The summed E-state index contributed by atoms with van der Waals surface area (Å²) in [6.07, 6.45) is 0. The SMILES string of the molecule is CC(C)c1ccc(NC(=O)COc2ccccc2F)cc1. The van der Waals surface area contributed by atoms with E-state index in [0.29, 0.717) is 11.6 Å². The zero-order chi connectivity index (χ0) is 15.2. The molecule has 1 N–H and O–H groups in total. The van der Waals surface area contributed by atoms with Crippen LogP contribution in [0.4, 0.5) is 10.1 Å². The van der Waals surface area contributed by atoms with Crippen LogP contribution in [0.3, 0.4) is 0 Å². The molecule has 2 aromatic rings. The fourth-order valence-corrected chi connectivity index (χ4v) is 1.85. The first-order valence-electron chi connectivity index (χ1n) is 6.83. The third-order valence-corrected chi connectivity index (χ3v) is 3.06. The van der Waals surface area contributed by atoms with E-state index in [1.807, 2.05) is 24.3 Å². The Morgan fingerprint density at radius 1 is 1.14 bits per heavy atom. The molecule has 4 heteroatoms. The highest BCUT2D eigenvalue weighted by molar-refractivity contribution is 5.91. The van der Waals surface area contributed by atoms with E-state index < -0.39 is 5.82 Å². The van der Waals surface area contributed by atoms with Crippen LogP contribution in [-0.2, 0) is 4.79 Å². The van der Waals surface area contributed by atoms with Crippen molar-refractivity contribution in [3.8, 4) is 5.75 Å². The molecule has 0 atom stereocenters. The van der Waals surface area contributed by atoms with Gasteiger partial charge in [-0.1, -0.05) is 38.1 Å². The second-order valence-corrected chi connectivity index (χ2v) is 5.04. The molecule has 0 heterocycles. The van der Waals surface area contributed by atoms with Crippen LogP contribution in [0, 0.1) is 5.82 Å². The Morgan fingerprint density at radius 3 is 2.43 bits per heavy atom. The third kappa shape index (κ3) is 4.31. The quantitative estimate of drug-likeness (QED) is 0.903. The molecule has 0 unspecified atom stereocenters. The van der Waals surface area contributed by atoms with Crippen LogP contribution < -0.4 is 10.1 Å². The number of carbonyl (C=O) groups excluding carboxylic acids is 1. The Labute approximate surface area is 123 Å². The van der Waals surface area contributed by atoms with E-state index in [0.717, 1.165) is 0 Å². The van der Waals surface area contributed by atoms with Crippen molar-refractivity contribution in [2.24, 2.45) is 0 Å². The Bertz CT molecular complexity index is 608. The standard InChI is InChI=1S/C17H18FNO2/c1-12(2)13-7-9-14(10-8-13)19-17(20)11-21-16-6-4-3-5-15(16)18/h3-10,12H,11H2,1-2H3,(H,19,20). The number of hydrogen-bond acceptors (Lipinski definition) is 2. The fraction of sp³-hybridized carbons (Fsp3) is 0.235. The molecule has 110 valence electrons. The average Bonchev–Trinajstić information content (AvgIpc) is 2.47. The molecule has 0 fully saturated rings. The molecule has 1 amide bonds. The number of para-hydroxylation sites is 1. The van der Waals surface area contributed by atoms with Gasteiger partial charge in [0.15, 0.2) is 18.2 Å². The van der Waals surface area contributed by atoms with Gasteiger partial charge in [-0.25, -0.2) is 4.39 Å². The van der Waals surface area contributed by atoms with Crippen LogP contribution in [0.1, 0.15) is 25.3 Å². The molecule has 0 spiro atoms. The zero-order valence-electron chi connectivity index (χ0n) is 12.1. The summed E-state index contributed by atoms with van der Waals surface area (Å²) >= 11 is 0. The van der Waals surface area contributed by atoms with Gasteiger partial charge in [0.05, 0.1) is 0 Å². The summed E-state index contributed by atoms with van der Waals surface area (Å²) in [5.74, 6) is -0.288. The molecule has 0 bridgehead atoms. The molecule has 3 nitrogen and oxygen atoms in total. The summed E-state index contributed by atoms with van der Waals surface area (Å²) in [5.41, 5.74) is 1.90. The minimum atomic E-state index is -0.480. The Hall–Kier alpha value is -2.36. The zero-order valence-corrected chi connectivity index (χ0v) is 12.1. The lowest BCUT2D eigenvalue weighted by Crippen LogP contribution is -2.20. The molecular weight excluding hydrogens is 269 g/mol. The second-order valence-electron chi connectivity index (χ2n) is 5.04. The van der Waals surface area contributed by atoms with Gasteiger partial charge in [0, 0.05) is 5.69 Å². The van der Waals surface area contributed by atoms with Crippen molar-refractivity contribution >= 4 is 11.6 Å². The lowest BCUT2D eigenvalue weighted by atomic mass is 10.0. The van der Waals surface area contributed by atoms with Crippen molar-refractivity contribution in [2.75, 3.05) is 11.9 Å². The molecule has 2 rings (SSSR count). The maximum absolute atomic E-state index is 13.3. The number of amides is 1. The van der Waals surface area contributed by atoms with Crippen molar-refractivity contribution in [3.63, 3.8) is 0 Å². The van der Waals surface area contributed by atoms with Crippen LogP contribution in [0.15, 0.2) is 48.5 Å². The lowest BCUT2D eigenvalue weighted by molar-refractivity contribution is -0.118. The highest BCUT2D eigenvalue weighted by atomic mass is 19.1. The van der Waals surface area contributed by atoms with E-state index in [4.69, 9.17) is 4.74 Å². The first-order valence-corrected chi connectivity index (χ1v) is 6.83. The van der Waals surface area contributed by atoms with E-state index in [1.54, 1.807) is 12.1 Å². The molecule has 2 aromatic carbocycles. The van der Waals surface area contributed by atoms with E-state index in [2.05, 4.69) is 19.2 Å². The van der Waals surface area contributed by atoms with Gasteiger partial charge >= 0.3 is 0 Å². The summed E-state index contributed by atoms with van der Waals surface area (Å²) in [6, 6.07) is 13.6. The highest BCUT2D eigenvalue weighted by Gasteiger charge is 2.07. The minimum Gasteiger partial charge on any atom is -0.481 e. The van der Waals surface area contributed by atoms with Gasteiger partial charge in [-0.2, -0.15) is 0 Å². The predicted molar refractivity (Wildman–Crippen MR) is 81.1 cm³/mol. The number of carbonyl (C=O) groups is 1. The minimum absolute atomic E-state index is 0.0720. The van der Waals surface area contributed by atoms with Crippen molar-refractivity contribution in [2.45, 2.75) is 19.8 Å². The van der Waals surface area contributed by atoms with Crippen molar-refractivity contribution in [1.82, 2.24) is 0 Å². The number of benzene rings is 2. The predicted octanol–water partition coefficient (Wildman–Crippen LogP) is 3.97. The Balaban J connectivity index is 1.88. The maximum Gasteiger partial charge on any atom is 0.262 e. The summed E-state index contributed by atoms with van der Waals surface area (Å²) in [4.78, 5) is 11.8. The molecule has 0 aromatic heterocycles. The molecular formula is C17H18FNO2. The van der Waals surface area contributed by atoms with Gasteiger partial charge < -0.3 is 10.1 Å². The Morgan fingerprint density at radius 2 is 1.81 bits per heavy atom. The van der Waals surface area contributed by atoms with Gasteiger partial charge in [-0.15, -0.1) is 0 Å². The number of ether oxygens (including phenoxy) is 1. The van der Waals surface area contributed by atoms with Crippen molar-refractivity contribution < 1.29 is 13.9 Å². The van der Waals surface area contributed by atoms with Crippen LogP contribution in [0.25, 0.3) is 0 Å². The summed E-state index contributed by atoms with van der Waals surface area (Å²) in [5, 5.41) is 2.71. The summed E-state index contributed by atoms with van der Waals surface area (Å²) < 4.78 is 18.5. The van der Waals surface area contributed by atoms with Gasteiger partial charge in [-0.3, -0.25) is 4.79 Å². The summed E-state index contributed by atoms with van der Waals surface area (Å²) in [6.45, 7) is 3.98. The molecule has 0 aliphatic carbocycles. The van der Waals surface area contributed by atoms with Crippen LogP contribution in [0.2, 0.25) is 0 Å². The first kappa shape index (κ1) is 15.0. The molecule has 0 saturated carbocycles. The normalized spacial score (nSPS) is 10.5. The van der Waals surface area contributed by atoms with Crippen LogP contribution >= 0.6 is 0 Å². The third-order valence-electron chi connectivity index (χ3n) is 3.06. The average molecular weight is 287 g/mol. The van der Waals surface area contributed by atoms with E-state index in [-0.39, 0.29) is 18.3 Å². The summed E-state index contributed by atoms with van der Waals surface area (Å²) in [7, 11) is 0. The highest BCUT2D eigenvalue weighted by Crippen LogP contribution is 2.18. The van der Waals surface area contributed by atoms with E-state index in [1.165, 1.54) is 17.7 Å². The first-order chi connectivity index (χ1) is 10.1. The molecule has 0 radical (unpaired) electrons. The van der Waals surface area contributed by atoms with E-state index >= 15 is 0 Å². The fourth-order valence-electron chi connectivity index (χ4n) is 1.85. The second kappa shape index (κ2) is 6.88. The van der Waals surface area contributed by atoms with Gasteiger partial charge in [-0.05, 0) is 35.7 Å². The van der Waals surface area contributed by atoms with Gasteiger partial charge in [0.2, 0.25) is 0 Å². The topological polar surface area (TPSA) is 38.3 Å². The van der Waals surface area contributed by atoms with Crippen LogP contribution in [-0.4, -0.2) is 12.5 Å². The van der Waals surface area contributed by atoms with Gasteiger partial charge in [0.1, 0.15) is 0 Å². The molecule has 21 heavy (non-hydrogen) atoms. The Kier molecular flexibility index (Phi) is 4.93. The molecule has 0 aliphatic heterocycles.